The molecule has 0 spiro atoms. The largest absolute Gasteiger partial charge is 0.377 e. The summed E-state index contributed by atoms with van der Waals surface area (Å²) in [4.78, 5) is 14.8. The fourth-order valence-electron chi connectivity index (χ4n) is 4.75. The van der Waals surface area contributed by atoms with Crippen molar-refractivity contribution in [1.29, 1.82) is 0 Å². The number of halogens is 1. The van der Waals surface area contributed by atoms with Gasteiger partial charge in [0.25, 0.3) is 5.91 Å². The summed E-state index contributed by atoms with van der Waals surface area (Å²) in [5.41, 5.74) is 4.80. The monoisotopic (exact) mass is 455 g/mol. The third-order valence-corrected chi connectivity index (χ3v) is 6.81. The molecule has 0 aromatic heterocycles. The highest BCUT2D eigenvalue weighted by Gasteiger charge is 2.32. The van der Waals surface area contributed by atoms with Crippen LogP contribution in [0.2, 0.25) is 5.02 Å². The molecule has 0 N–H and O–H groups in total. The minimum atomic E-state index is 0.108. The van der Waals surface area contributed by atoms with Gasteiger partial charge in [0, 0.05) is 36.8 Å². The summed E-state index contributed by atoms with van der Waals surface area (Å²) < 4.78 is 5.86. The fraction of sp³-hybridized carbons (Fsp3) is 0.500. The lowest BCUT2D eigenvalue weighted by Gasteiger charge is -2.37. The predicted molar refractivity (Wildman–Crippen MR) is 130 cm³/mol. The molecule has 2 aliphatic rings. The first-order valence-electron chi connectivity index (χ1n) is 11.7. The molecule has 0 bridgehead atoms. The molecule has 0 unspecified atom stereocenters. The third-order valence-electron chi connectivity index (χ3n) is 6.56. The first-order valence-corrected chi connectivity index (χ1v) is 12.1. The number of fused-ring (bicyclic) bond motifs is 1. The van der Waals surface area contributed by atoms with Crippen LogP contribution in [0.15, 0.2) is 42.5 Å². The summed E-state index contributed by atoms with van der Waals surface area (Å²) in [5, 5.41) is 5.56. The van der Waals surface area contributed by atoms with Crippen molar-refractivity contribution in [3.8, 4) is 0 Å². The Morgan fingerprint density at radius 2 is 1.84 bits per heavy atom. The Kier molecular flexibility index (Phi) is 7.39. The number of amides is 1. The standard InChI is InChI=1S/C26H34ClN3O2/c1-19(2)32-16-15-30-25-6-4-5-20(3)24(25)18-29(30)17-21-11-13-28(14-12-21)26(31)22-7-9-23(27)10-8-22/h4-10,19,21H,11-18H2,1-3H3. The van der Waals surface area contributed by atoms with Crippen molar-refractivity contribution >= 4 is 23.2 Å². The van der Waals surface area contributed by atoms with Crippen LogP contribution in [-0.4, -0.2) is 54.7 Å². The van der Waals surface area contributed by atoms with Crippen molar-refractivity contribution in [2.45, 2.75) is 46.3 Å². The SMILES string of the molecule is Cc1cccc2c1CN(CC1CCN(C(=O)c3ccc(Cl)cc3)CC1)N2CCOC(C)C. The lowest BCUT2D eigenvalue weighted by atomic mass is 9.96. The van der Waals surface area contributed by atoms with Crippen LogP contribution in [0.3, 0.4) is 0 Å². The second-order valence-electron chi connectivity index (χ2n) is 9.20. The van der Waals surface area contributed by atoms with E-state index < -0.39 is 0 Å². The zero-order valence-electron chi connectivity index (χ0n) is 19.4. The van der Waals surface area contributed by atoms with Crippen molar-refractivity contribution in [3.63, 3.8) is 0 Å². The van der Waals surface area contributed by atoms with E-state index in [0.717, 1.165) is 57.7 Å². The van der Waals surface area contributed by atoms with Crippen LogP contribution in [0.5, 0.6) is 0 Å². The van der Waals surface area contributed by atoms with Crippen molar-refractivity contribution in [3.05, 3.63) is 64.2 Å². The zero-order chi connectivity index (χ0) is 22.7. The van der Waals surface area contributed by atoms with Crippen LogP contribution in [0.25, 0.3) is 0 Å². The van der Waals surface area contributed by atoms with Gasteiger partial charge in [0.15, 0.2) is 0 Å². The fourth-order valence-corrected chi connectivity index (χ4v) is 4.87. The Balaban J connectivity index is 1.36. The molecule has 2 aromatic carbocycles. The highest BCUT2D eigenvalue weighted by atomic mass is 35.5. The molecule has 1 amide bonds. The minimum absolute atomic E-state index is 0.108. The number of likely N-dealkylation sites (tertiary alicyclic amines) is 1. The molecule has 2 aromatic rings. The number of nitrogens with zero attached hydrogens (tertiary/aromatic N) is 3. The normalized spacial score (nSPS) is 17.3. The molecule has 0 radical (unpaired) electrons. The van der Waals surface area contributed by atoms with Gasteiger partial charge in [-0.25, -0.2) is 5.01 Å². The van der Waals surface area contributed by atoms with E-state index in [1.807, 2.05) is 17.0 Å². The molecule has 172 valence electrons. The van der Waals surface area contributed by atoms with E-state index in [0.29, 0.717) is 10.9 Å². The highest BCUT2D eigenvalue weighted by Crippen LogP contribution is 2.35. The summed E-state index contributed by atoms with van der Waals surface area (Å²) >= 11 is 5.96. The van der Waals surface area contributed by atoms with E-state index in [1.54, 1.807) is 12.1 Å². The number of piperidine rings is 1. The van der Waals surface area contributed by atoms with Gasteiger partial charge in [-0.15, -0.1) is 0 Å². The van der Waals surface area contributed by atoms with Gasteiger partial charge in [-0.2, -0.15) is 0 Å². The van der Waals surface area contributed by atoms with Crippen molar-refractivity contribution in [2.24, 2.45) is 5.92 Å². The summed E-state index contributed by atoms with van der Waals surface area (Å²) in [6, 6.07) is 13.8. The molecule has 4 rings (SSSR count). The van der Waals surface area contributed by atoms with Gasteiger partial charge in [-0.05, 0) is 81.0 Å². The zero-order valence-corrected chi connectivity index (χ0v) is 20.1. The number of hydrogen-bond acceptors (Lipinski definition) is 4. The van der Waals surface area contributed by atoms with E-state index in [1.165, 1.54) is 16.8 Å². The van der Waals surface area contributed by atoms with Crippen molar-refractivity contribution in [2.75, 3.05) is 37.8 Å². The summed E-state index contributed by atoms with van der Waals surface area (Å²) in [6.45, 7) is 11.5. The molecule has 0 aliphatic carbocycles. The van der Waals surface area contributed by atoms with E-state index in [9.17, 15) is 4.79 Å². The lowest BCUT2D eigenvalue weighted by Crippen LogP contribution is -2.46. The lowest BCUT2D eigenvalue weighted by molar-refractivity contribution is 0.0631. The van der Waals surface area contributed by atoms with E-state index >= 15 is 0 Å². The number of carbonyl (C=O) groups is 1. The first-order chi connectivity index (χ1) is 15.4. The number of carbonyl (C=O) groups excluding carboxylic acids is 1. The Bertz CT molecular complexity index is 923. The molecular weight excluding hydrogens is 422 g/mol. The number of benzene rings is 2. The molecule has 5 nitrogen and oxygen atoms in total. The number of hydrazine groups is 1. The molecule has 0 atom stereocenters. The quantitative estimate of drug-likeness (QED) is 0.577. The molecular formula is C26H34ClN3O2. The van der Waals surface area contributed by atoms with Crippen molar-refractivity contribution < 1.29 is 9.53 Å². The smallest absolute Gasteiger partial charge is 0.253 e. The molecule has 2 aliphatic heterocycles. The maximum Gasteiger partial charge on any atom is 0.253 e. The van der Waals surface area contributed by atoms with E-state index in [-0.39, 0.29) is 12.0 Å². The predicted octanol–water partition coefficient (Wildman–Crippen LogP) is 5.16. The average molecular weight is 456 g/mol. The van der Waals surface area contributed by atoms with Crippen molar-refractivity contribution in [1.82, 2.24) is 9.91 Å². The maximum absolute atomic E-state index is 12.8. The van der Waals surface area contributed by atoms with Gasteiger partial charge in [0.1, 0.15) is 0 Å². The van der Waals surface area contributed by atoms with Crippen LogP contribution in [-0.2, 0) is 11.3 Å². The number of rotatable bonds is 7. The highest BCUT2D eigenvalue weighted by molar-refractivity contribution is 6.30. The summed E-state index contributed by atoms with van der Waals surface area (Å²) in [7, 11) is 0. The maximum atomic E-state index is 12.8. The van der Waals surface area contributed by atoms with Gasteiger partial charge < -0.3 is 14.6 Å². The van der Waals surface area contributed by atoms with Crippen LogP contribution in [0.4, 0.5) is 5.69 Å². The number of anilines is 1. The molecule has 32 heavy (non-hydrogen) atoms. The van der Waals surface area contributed by atoms with Crippen LogP contribution in [0, 0.1) is 12.8 Å². The minimum Gasteiger partial charge on any atom is -0.377 e. The molecule has 1 fully saturated rings. The van der Waals surface area contributed by atoms with Gasteiger partial charge in [-0.1, -0.05) is 23.7 Å². The van der Waals surface area contributed by atoms with E-state index in [2.05, 4.69) is 49.0 Å². The molecule has 1 saturated heterocycles. The molecule has 6 heteroatoms. The number of ether oxygens (including phenoxy) is 1. The summed E-state index contributed by atoms with van der Waals surface area (Å²) in [5.74, 6) is 0.684. The Morgan fingerprint density at radius 3 is 2.53 bits per heavy atom. The van der Waals surface area contributed by atoms with Gasteiger partial charge >= 0.3 is 0 Å². The Morgan fingerprint density at radius 1 is 1.12 bits per heavy atom. The molecule has 2 heterocycles. The topological polar surface area (TPSA) is 36.0 Å². The van der Waals surface area contributed by atoms with Gasteiger partial charge in [0.05, 0.1) is 24.9 Å². The molecule has 0 saturated carbocycles. The third kappa shape index (κ3) is 5.28. The summed E-state index contributed by atoms with van der Waals surface area (Å²) in [6.07, 6.45) is 2.30. The van der Waals surface area contributed by atoms with Gasteiger partial charge in [-0.3, -0.25) is 4.79 Å². The number of hydrogen-bond donors (Lipinski definition) is 0. The van der Waals surface area contributed by atoms with E-state index in [4.69, 9.17) is 16.3 Å². The van der Waals surface area contributed by atoms with Crippen LogP contribution >= 0.6 is 11.6 Å². The average Bonchev–Trinajstić information content (AvgIpc) is 3.13. The van der Waals surface area contributed by atoms with Crippen LogP contribution in [0.1, 0.15) is 48.2 Å². The van der Waals surface area contributed by atoms with Crippen LogP contribution < -0.4 is 5.01 Å². The number of aryl methyl sites for hydroxylation is 1. The Hall–Kier alpha value is -2.08. The second-order valence-corrected chi connectivity index (χ2v) is 9.64. The van der Waals surface area contributed by atoms with Gasteiger partial charge in [0.2, 0.25) is 0 Å². The second kappa shape index (κ2) is 10.2. The Labute approximate surface area is 196 Å². The first kappa shape index (κ1) is 23.1.